The van der Waals surface area contributed by atoms with E-state index in [0.717, 1.165) is 15.7 Å². The van der Waals surface area contributed by atoms with Gasteiger partial charge in [0.05, 0.1) is 13.2 Å². The smallest absolute Gasteiger partial charge is 0.332 e. The first-order chi connectivity index (χ1) is 14.3. The van der Waals surface area contributed by atoms with Gasteiger partial charge < -0.3 is 15.5 Å². The summed E-state index contributed by atoms with van der Waals surface area (Å²) in [7, 11) is 3.02. The van der Waals surface area contributed by atoms with Gasteiger partial charge in [0.2, 0.25) is 5.91 Å². The fourth-order valence-corrected chi connectivity index (χ4v) is 3.56. The van der Waals surface area contributed by atoms with Crippen LogP contribution in [-0.2, 0) is 18.9 Å². The molecule has 154 valence electrons. The molecule has 0 fully saturated rings. The number of fused-ring (bicyclic) bond motifs is 1. The van der Waals surface area contributed by atoms with Crippen molar-refractivity contribution in [3.63, 3.8) is 0 Å². The second-order valence-electron chi connectivity index (χ2n) is 7.43. The van der Waals surface area contributed by atoms with Gasteiger partial charge in [-0.25, -0.2) is 4.79 Å². The van der Waals surface area contributed by atoms with Crippen molar-refractivity contribution in [3.8, 4) is 11.1 Å². The van der Waals surface area contributed by atoms with E-state index in [1.54, 1.807) is 11.9 Å². The van der Waals surface area contributed by atoms with Crippen molar-refractivity contribution in [3.05, 3.63) is 74.9 Å². The molecule has 2 heterocycles. The van der Waals surface area contributed by atoms with Crippen LogP contribution < -0.4 is 26.8 Å². The minimum Gasteiger partial charge on any atom is -0.352 e. The number of hydrogen-bond acceptors (Lipinski definition) is 5. The average molecular weight is 405 g/mol. The molecule has 1 aromatic heterocycles. The largest absolute Gasteiger partial charge is 0.352 e. The summed E-state index contributed by atoms with van der Waals surface area (Å²) < 4.78 is 2.42. The van der Waals surface area contributed by atoms with Crippen LogP contribution in [-0.4, -0.2) is 28.3 Å². The van der Waals surface area contributed by atoms with Gasteiger partial charge in [0.15, 0.2) is 0 Å². The Labute approximate surface area is 173 Å². The van der Waals surface area contributed by atoms with Gasteiger partial charge in [0.1, 0.15) is 11.5 Å². The summed E-state index contributed by atoms with van der Waals surface area (Å²) in [5, 5.41) is 5.88. The number of rotatable bonds is 4. The van der Waals surface area contributed by atoms with E-state index in [4.69, 9.17) is 0 Å². The minimum atomic E-state index is -0.423. The molecule has 0 aliphatic carbocycles. The van der Waals surface area contributed by atoms with Crippen LogP contribution in [0.25, 0.3) is 11.1 Å². The number of anilines is 3. The minimum absolute atomic E-state index is 0.00679. The highest BCUT2D eigenvalue weighted by atomic mass is 16.2. The monoisotopic (exact) mass is 405 g/mol. The van der Waals surface area contributed by atoms with E-state index in [2.05, 4.69) is 34.9 Å². The lowest BCUT2D eigenvalue weighted by Crippen LogP contribution is -2.40. The molecule has 4 rings (SSSR count). The van der Waals surface area contributed by atoms with E-state index in [1.807, 2.05) is 31.2 Å². The maximum atomic E-state index is 12.6. The van der Waals surface area contributed by atoms with Crippen LogP contribution in [0.2, 0.25) is 0 Å². The van der Waals surface area contributed by atoms with E-state index in [1.165, 1.54) is 17.2 Å². The summed E-state index contributed by atoms with van der Waals surface area (Å²) in [5.74, 6) is 0.182. The Morgan fingerprint density at radius 2 is 1.57 bits per heavy atom. The molecule has 8 nitrogen and oxygen atoms in total. The SMILES string of the molecule is Cc1ccc(-c2ccc(NC(=O)CN3CNc4c3c(=O)n(C)c(=O)n4C)cc2)cc1. The topological polar surface area (TPSA) is 88.4 Å². The summed E-state index contributed by atoms with van der Waals surface area (Å²) in [5.41, 5.74) is 3.55. The van der Waals surface area contributed by atoms with Crippen molar-refractivity contribution in [2.75, 3.05) is 28.7 Å². The molecule has 1 amide bonds. The van der Waals surface area contributed by atoms with Crippen molar-refractivity contribution in [1.29, 1.82) is 0 Å². The van der Waals surface area contributed by atoms with Crippen molar-refractivity contribution in [2.24, 2.45) is 14.1 Å². The molecule has 3 aromatic rings. The molecular weight excluding hydrogens is 382 g/mol. The molecule has 2 N–H and O–H groups in total. The molecule has 2 aromatic carbocycles. The Hall–Kier alpha value is -3.81. The molecule has 0 saturated heterocycles. The van der Waals surface area contributed by atoms with Gasteiger partial charge >= 0.3 is 5.69 Å². The Bertz CT molecular complexity index is 1220. The molecule has 0 saturated carbocycles. The first-order valence-corrected chi connectivity index (χ1v) is 9.61. The van der Waals surface area contributed by atoms with Crippen LogP contribution in [0.1, 0.15) is 5.56 Å². The van der Waals surface area contributed by atoms with Gasteiger partial charge in [-0.05, 0) is 30.2 Å². The summed E-state index contributed by atoms with van der Waals surface area (Å²) in [6, 6.07) is 15.9. The quantitative estimate of drug-likeness (QED) is 0.692. The summed E-state index contributed by atoms with van der Waals surface area (Å²) >= 11 is 0. The first-order valence-electron chi connectivity index (χ1n) is 9.61. The van der Waals surface area contributed by atoms with Crippen LogP contribution in [0.15, 0.2) is 58.1 Å². The van der Waals surface area contributed by atoms with Crippen LogP contribution >= 0.6 is 0 Å². The van der Waals surface area contributed by atoms with Gasteiger partial charge in [-0.2, -0.15) is 0 Å². The Kier molecular flexibility index (Phi) is 4.91. The number of benzene rings is 2. The molecule has 30 heavy (non-hydrogen) atoms. The molecule has 0 radical (unpaired) electrons. The first kappa shape index (κ1) is 19.5. The van der Waals surface area contributed by atoms with Crippen LogP contribution in [0, 0.1) is 6.92 Å². The van der Waals surface area contributed by atoms with E-state index < -0.39 is 11.2 Å². The number of aromatic nitrogens is 2. The van der Waals surface area contributed by atoms with E-state index in [-0.39, 0.29) is 19.1 Å². The fraction of sp³-hybridized carbons (Fsp3) is 0.227. The normalized spacial score (nSPS) is 12.4. The molecule has 0 atom stereocenters. The molecule has 1 aliphatic heterocycles. The maximum absolute atomic E-state index is 12.6. The van der Waals surface area contributed by atoms with Crippen LogP contribution in [0.5, 0.6) is 0 Å². The lowest BCUT2D eigenvalue weighted by atomic mass is 10.0. The molecule has 0 spiro atoms. The van der Waals surface area contributed by atoms with Crippen LogP contribution in [0.4, 0.5) is 17.2 Å². The standard InChI is InChI=1S/C22H23N5O3/c1-14-4-6-15(7-5-14)16-8-10-17(11-9-16)24-18(28)12-27-13-23-20-19(27)21(29)26(3)22(30)25(20)2/h4-11,23H,12-13H2,1-3H3,(H,24,28). The second kappa shape index (κ2) is 7.55. The van der Waals surface area contributed by atoms with E-state index in [9.17, 15) is 14.4 Å². The highest BCUT2D eigenvalue weighted by Crippen LogP contribution is 2.25. The number of nitrogens with one attached hydrogen (secondary N) is 2. The third kappa shape index (κ3) is 3.47. The summed E-state index contributed by atoms with van der Waals surface area (Å²) in [4.78, 5) is 38.8. The number of nitrogens with zero attached hydrogens (tertiary/aromatic N) is 3. The fourth-order valence-electron chi connectivity index (χ4n) is 3.56. The number of carbonyl (C=O) groups is 1. The number of aryl methyl sites for hydroxylation is 1. The number of carbonyl (C=O) groups excluding carboxylic acids is 1. The average Bonchev–Trinajstić information content (AvgIpc) is 3.15. The molecule has 1 aliphatic rings. The predicted octanol–water partition coefficient (Wildman–Crippen LogP) is 1.89. The zero-order chi connectivity index (χ0) is 21.4. The summed E-state index contributed by atoms with van der Waals surface area (Å²) in [6.45, 7) is 2.32. The van der Waals surface area contributed by atoms with Gasteiger partial charge in [0, 0.05) is 19.8 Å². The molecular formula is C22H23N5O3. The van der Waals surface area contributed by atoms with Gasteiger partial charge in [0.25, 0.3) is 5.56 Å². The highest BCUT2D eigenvalue weighted by molar-refractivity contribution is 5.95. The van der Waals surface area contributed by atoms with Crippen molar-refractivity contribution >= 4 is 23.1 Å². The third-order valence-corrected chi connectivity index (χ3v) is 5.28. The third-order valence-electron chi connectivity index (χ3n) is 5.28. The molecule has 8 heteroatoms. The van der Waals surface area contributed by atoms with E-state index in [0.29, 0.717) is 17.2 Å². The zero-order valence-corrected chi connectivity index (χ0v) is 17.1. The van der Waals surface area contributed by atoms with Crippen molar-refractivity contribution in [1.82, 2.24) is 9.13 Å². The Morgan fingerprint density at radius 1 is 0.967 bits per heavy atom. The highest BCUT2D eigenvalue weighted by Gasteiger charge is 2.28. The summed E-state index contributed by atoms with van der Waals surface area (Å²) in [6.07, 6.45) is 0. The predicted molar refractivity (Wildman–Crippen MR) is 118 cm³/mol. The van der Waals surface area contributed by atoms with Gasteiger partial charge in [-0.15, -0.1) is 0 Å². The molecule has 0 unspecified atom stereocenters. The lowest BCUT2D eigenvalue weighted by molar-refractivity contribution is -0.114. The maximum Gasteiger partial charge on any atom is 0.332 e. The van der Waals surface area contributed by atoms with Gasteiger partial charge in [-0.1, -0.05) is 42.0 Å². The Balaban J connectivity index is 1.47. The Morgan fingerprint density at radius 3 is 2.20 bits per heavy atom. The van der Waals surface area contributed by atoms with Crippen molar-refractivity contribution in [2.45, 2.75) is 6.92 Å². The lowest BCUT2D eigenvalue weighted by Gasteiger charge is -2.17. The van der Waals surface area contributed by atoms with Gasteiger partial charge in [-0.3, -0.25) is 18.7 Å². The number of hydrogen-bond donors (Lipinski definition) is 2. The second-order valence-corrected chi connectivity index (χ2v) is 7.43. The van der Waals surface area contributed by atoms with E-state index >= 15 is 0 Å². The van der Waals surface area contributed by atoms with Crippen LogP contribution in [0.3, 0.4) is 0 Å². The number of amides is 1. The molecule has 0 bridgehead atoms. The zero-order valence-electron chi connectivity index (χ0n) is 17.1. The van der Waals surface area contributed by atoms with Crippen molar-refractivity contribution < 1.29 is 4.79 Å².